The van der Waals surface area contributed by atoms with Gasteiger partial charge >= 0.3 is 0 Å². The lowest BCUT2D eigenvalue weighted by Crippen LogP contribution is -2.33. The number of benzene rings is 1. The Balaban J connectivity index is 1.69. The van der Waals surface area contributed by atoms with Gasteiger partial charge in [0, 0.05) is 23.4 Å². The Morgan fingerprint density at radius 1 is 1.30 bits per heavy atom. The van der Waals surface area contributed by atoms with Crippen molar-refractivity contribution in [1.29, 1.82) is 0 Å². The molecular formula is C16H19N3S. The van der Waals surface area contributed by atoms with E-state index >= 15 is 0 Å². The lowest BCUT2D eigenvalue weighted by Gasteiger charge is -2.29. The van der Waals surface area contributed by atoms with Gasteiger partial charge in [0.15, 0.2) is 0 Å². The zero-order chi connectivity index (χ0) is 13.7. The molecule has 0 spiro atoms. The summed E-state index contributed by atoms with van der Waals surface area (Å²) < 4.78 is 0. The van der Waals surface area contributed by atoms with Gasteiger partial charge in [0.05, 0.1) is 11.7 Å². The van der Waals surface area contributed by atoms with Crippen molar-refractivity contribution in [3.8, 4) is 0 Å². The van der Waals surface area contributed by atoms with Gasteiger partial charge in [0.1, 0.15) is 5.01 Å². The molecule has 3 atom stereocenters. The average molecular weight is 285 g/mol. The summed E-state index contributed by atoms with van der Waals surface area (Å²) in [5.74, 6) is 0. The molecule has 2 aliphatic rings. The molecule has 2 bridgehead atoms. The molecule has 3 heterocycles. The van der Waals surface area contributed by atoms with Crippen LogP contribution in [-0.2, 0) is 6.42 Å². The Bertz CT molecular complexity index is 622. The van der Waals surface area contributed by atoms with E-state index in [0.29, 0.717) is 12.1 Å². The van der Waals surface area contributed by atoms with Gasteiger partial charge < -0.3 is 5.73 Å². The number of rotatable bonds is 2. The van der Waals surface area contributed by atoms with Gasteiger partial charge in [-0.25, -0.2) is 4.98 Å². The second kappa shape index (κ2) is 4.65. The minimum atomic E-state index is -0.0874. The number of hydrogen-bond donors (Lipinski definition) is 1. The predicted molar refractivity (Wildman–Crippen MR) is 81.8 cm³/mol. The summed E-state index contributed by atoms with van der Waals surface area (Å²) in [6, 6.07) is 11.5. The molecule has 2 N–H and O–H groups in total. The van der Waals surface area contributed by atoms with E-state index < -0.39 is 0 Å². The topological polar surface area (TPSA) is 42.1 Å². The molecule has 1 saturated heterocycles. The van der Waals surface area contributed by atoms with Crippen LogP contribution >= 0.6 is 11.3 Å². The third-order valence-electron chi connectivity index (χ3n) is 4.74. The molecule has 2 aromatic rings. The fourth-order valence-corrected chi connectivity index (χ4v) is 4.83. The van der Waals surface area contributed by atoms with E-state index in [1.54, 1.807) is 0 Å². The van der Waals surface area contributed by atoms with Crippen molar-refractivity contribution < 1.29 is 0 Å². The van der Waals surface area contributed by atoms with Crippen molar-refractivity contribution in [3.05, 3.63) is 51.5 Å². The van der Waals surface area contributed by atoms with Crippen molar-refractivity contribution in [2.45, 2.75) is 37.4 Å². The van der Waals surface area contributed by atoms with Crippen LogP contribution in [-0.4, -0.2) is 23.0 Å². The molecule has 20 heavy (non-hydrogen) atoms. The summed E-state index contributed by atoms with van der Waals surface area (Å²) in [4.78, 5) is 8.86. The third-order valence-corrected chi connectivity index (χ3v) is 6.02. The Labute approximate surface area is 123 Å². The van der Waals surface area contributed by atoms with Gasteiger partial charge in [-0.2, -0.15) is 0 Å². The van der Waals surface area contributed by atoms with Crippen LogP contribution in [0, 0.1) is 0 Å². The molecule has 0 radical (unpaired) electrons. The van der Waals surface area contributed by atoms with E-state index in [9.17, 15) is 0 Å². The number of nitrogens with two attached hydrogens (primary N) is 1. The fourth-order valence-electron chi connectivity index (χ4n) is 3.52. The highest BCUT2D eigenvalue weighted by molar-refractivity contribution is 7.12. The number of thiazole rings is 1. The van der Waals surface area contributed by atoms with E-state index in [2.05, 4.69) is 24.1 Å². The minimum absolute atomic E-state index is 0.0874. The highest BCUT2D eigenvalue weighted by Crippen LogP contribution is 2.45. The molecule has 1 aromatic carbocycles. The zero-order valence-corrected chi connectivity index (χ0v) is 12.4. The second-order valence-corrected chi connectivity index (χ2v) is 6.93. The first-order valence-corrected chi connectivity index (χ1v) is 8.07. The molecule has 3 unspecified atom stereocenters. The van der Waals surface area contributed by atoms with Gasteiger partial charge in [0.25, 0.3) is 0 Å². The first-order valence-electron chi connectivity index (χ1n) is 7.26. The summed E-state index contributed by atoms with van der Waals surface area (Å²) in [5, 5.41) is 1.07. The van der Waals surface area contributed by atoms with E-state index in [-0.39, 0.29) is 6.04 Å². The van der Waals surface area contributed by atoms with Crippen molar-refractivity contribution in [2.75, 3.05) is 7.05 Å². The van der Waals surface area contributed by atoms with Gasteiger partial charge in [-0.3, -0.25) is 4.90 Å². The number of hydrogen-bond acceptors (Lipinski definition) is 4. The van der Waals surface area contributed by atoms with Crippen LogP contribution in [0.1, 0.15) is 46.1 Å². The quantitative estimate of drug-likeness (QED) is 0.922. The Morgan fingerprint density at radius 2 is 2.10 bits per heavy atom. The van der Waals surface area contributed by atoms with E-state index in [1.807, 2.05) is 29.5 Å². The molecule has 0 saturated carbocycles. The van der Waals surface area contributed by atoms with Crippen molar-refractivity contribution in [2.24, 2.45) is 5.73 Å². The maximum absolute atomic E-state index is 6.40. The summed E-state index contributed by atoms with van der Waals surface area (Å²) >= 11 is 1.82. The molecule has 0 amide bonds. The summed E-state index contributed by atoms with van der Waals surface area (Å²) in [6.45, 7) is 0. The number of aromatic nitrogens is 1. The standard InChI is InChI=1S/C16H19N3S/c1-19-11-7-8-13(19)15-12(9-11)18-16(20-15)14(17)10-5-3-2-4-6-10/h2-6,11,13-14H,7-9,17H2,1H3. The van der Waals surface area contributed by atoms with E-state index in [0.717, 1.165) is 17.0 Å². The molecule has 1 fully saturated rings. The maximum Gasteiger partial charge on any atom is 0.115 e. The largest absolute Gasteiger partial charge is 0.318 e. The fraction of sp³-hybridized carbons (Fsp3) is 0.438. The molecule has 104 valence electrons. The molecule has 4 heteroatoms. The summed E-state index contributed by atoms with van der Waals surface area (Å²) in [7, 11) is 2.25. The van der Waals surface area contributed by atoms with E-state index in [1.165, 1.54) is 23.4 Å². The molecule has 4 rings (SSSR count). The molecule has 0 aliphatic carbocycles. The highest BCUT2D eigenvalue weighted by Gasteiger charge is 2.40. The smallest absolute Gasteiger partial charge is 0.115 e. The molecule has 2 aliphatic heterocycles. The number of likely N-dealkylation sites (N-methyl/N-ethyl adjacent to an activating group) is 1. The average Bonchev–Trinajstić information content (AvgIpc) is 3.00. The number of fused-ring (bicyclic) bond motifs is 4. The SMILES string of the molecule is CN1C2CCC1c1sc(C(N)c3ccccc3)nc1C2. The van der Waals surface area contributed by atoms with Gasteiger partial charge in [-0.15, -0.1) is 11.3 Å². The Hall–Kier alpha value is -1.23. The lowest BCUT2D eigenvalue weighted by molar-refractivity contribution is 0.226. The van der Waals surface area contributed by atoms with Crippen LogP contribution in [0.2, 0.25) is 0 Å². The lowest BCUT2D eigenvalue weighted by atomic mass is 10.1. The molecule has 1 aromatic heterocycles. The van der Waals surface area contributed by atoms with Crippen molar-refractivity contribution >= 4 is 11.3 Å². The predicted octanol–water partition coefficient (Wildman–Crippen LogP) is 2.88. The van der Waals surface area contributed by atoms with Crippen molar-refractivity contribution in [3.63, 3.8) is 0 Å². The van der Waals surface area contributed by atoms with E-state index in [4.69, 9.17) is 10.7 Å². The van der Waals surface area contributed by atoms with Crippen LogP contribution in [0.3, 0.4) is 0 Å². The van der Waals surface area contributed by atoms with Gasteiger partial charge in [-0.1, -0.05) is 30.3 Å². The zero-order valence-electron chi connectivity index (χ0n) is 11.6. The van der Waals surface area contributed by atoms with Crippen LogP contribution in [0.25, 0.3) is 0 Å². The van der Waals surface area contributed by atoms with Crippen LogP contribution < -0.4 is 5.73 Å². The normalized spacial score (nSPS) is 26.5. The van der Waals surface area contributed by atoms with Crippen molar-refractivity contribution in [1.82, 2.24) is 9.88 Å². The van der Waals surface area contributed by atoms with Crippen LogP contribution in [0.4, 0.5) is 0 Å². The maximum atomic E-state index is 6.40. The first-order chi connectivity index (χ1) is 9.74. The molecule has 3 nitrogen and oxygen atoms in total. The van der Waals surface area contributed by atoms with Crippen LogP contribution in [0.15, 0.2) is 30.3 Å². The number of nitrogens with zero attached hydrogens (tertiary/aromatic N) is 2. The molecular weight excluding hydrogens is 266 g/mol. The van der Waals surface area contributed by atoms with Crippen LogP contribution in [0.5, 0.6) is 0 Å². The minimum Gasteiger partial charge on any atom is -0.318 e. The monoisotopic (exact) mass is 285 g/mol. The van der Waals surface area contributed by atoms with Gasteiger partial charge in [0.2, 0.25) is 0 Å². The second-order valence-electron chi connectivity index (χ2n) is 5.87. The summed E-state index contributed by atoms with van der Waals surface area (Å²) in [6.07, 6.45) is 3.68. The Kier molecular flexibility index (Phi) is 2.91. The summed E-state index contributed by atoms with van der Waals surface area (Å²) in [5.41, 5.74) is 8.85. The van der Waals surface area contributed by atoms with Gasteiger partial charge in [-0.05, 0) is 25.5 Å². The third kappa shape index (κ3) is 1.83. The highest BCUT2D eigenvalue weighted by atomic mass is 32.1. The first kappa shape index (κ1) is 12.5. The Morgan fingerprint density at radius 3 is 2.90 bits per heavy atom.